The van der Waals surface area contributed by atoms with Crippen molar-refractivity contribution in [1.29, 1.82) is 0 Å². The van der Waals surface area contributed by atoms with E-state index in [1.165, 1.54) is 0 Å². The molecular formula is C14H19N3O. The summed E-state index contributed by atoms with van der Waals surface area (Å²) in [6.07, 6.45) is 7.44. The standard InChI is InChI=1S/C14H19N3O/c1-3-12-5-4-8-15-14(12)13(18)7-6-11-9-16-17(2)10-11/h4-5,8-10,13,18H,3,6-7H2,1-2H3. The van der Waals surface area contributed by atoms with E-state index in [0.29, 0.717) is 6.42 Å². The smallest absolute Gasteiger partial charge is 0.0965 e. The molecule has 0 fully saturated rings. The van der Waals surface area contributed by atoms with Crippen LogP contribution in [0.25, 0.3) is 0 Å². The van der Waals surface area contributed by atoms with E-state index in [9.17, 15) is 5.11 Å². The molecule has 4 heteroatoms. The molecule has 2 aromatic rings. The van der Waals surface area contributed by atoms with Crippen molar-refractivity contribution in [3.8, 4) is 0 Å². The molecule has 0 amide bonds. The molecule has 1 N–H and O–H groups in total. The molecule has 0 saturated carbocycles. The minimum atomic E-state index is -0.499. The van der Waals surface area contributed by atoms with Gasteiger partial charge in [-0.25, -0.2) is 0 Å². The van der Waals surface area contributed by atoms with E-state index in [1.54, 1.807) is 10.9 Å². The van der Waals surface area contributed by atoms with Gasteiger partial charge in [-0.3, -0.25) is 9.67 Å². The number of rotatable bonds is 5. The lowest BCUT2D eigenvalue weighted by molar-refractivity contribution is 0.162. The van der Waals surface area contributed by atoms with E-state index in [4.69, 9.17) is 0 Å². The van der Waals surface area contributed by atoms with E-state index < -0.39 is 6.10 Å². The summed E-state index contributed by atoms with van der Waals surface area (Å²) in [6.45, 7) is 2.08. The van der Waals surface area contributed by atoms with Crippen molar-refractivity contribution in [3.05, 3.63) is 47.5 Å². The lowest BCUT2D eigenvalue weighted by Gasteiger charge is -2.12. The fourth-order valence-corrected chi connectivity index (χ4v) is 2.09. The number of pyridine rings is 1. The highest BCUT2D eigenvalue weighted by molar-refractivity contribution is 5.22. The van der Waals surface area contributed by atoms with E-state index in [1.807, 2.05) is 31.6 Å². The second-order valence-corrected chi connectivity index (χ2v) is 4.48. The van der Waals surface area contributed by atoms with E-state index >= 15 is 0 Å². The van der Waals surface area contributed by atoms with Crippen LogP contribution in [0.15, 0.2) is 30.7 Å². The molecule has 2 aromatic heterocycles. The maximum atomic E-state index is 10.2. The predicted octanol–water partition coefficient (Wildman–Crippen LogP) is 2.04. The van der Waals surface area contributed by atoms with Crippen LogP contribution in [0.2, 0.25) is 0 Å². The largest absolute Gasteiger partial charge is 0.387 e. The SMILES string of the molecule is CCc1cccnc1C(O)CCc1cnn(C)c1. The van der Waals surface area contributed by atoms with Crippen LogP contribution in [-0.4, -0.2) is 19.9 Å². The van der Waals surface area contributed by atoms with Crippen LogP contribution < -0.4 is 0 Å². The molecule has 0 saturated heterocycles. The third-order valence-corrected chi connectivity index (χ3v) is 3.09. The van der Waals surface area contributed by atoms with Gasteiger partial charge in [0.05, 0.1) is 18.0 Å². The third kappa shape index (κ3) is 2.96. The molecule has 0 aliphatic carbocycles. The molecule has 0 bridgehead atoms. The van der Waals surface area contributed by atoms with E-state index in [-0.39, 0.29) is 0 Å². The molecule has 4 nitrogen and oxygen atoms in total. The lowest BCUT2D eigenvalue weighted by Crippen LogP contribution is -2.05. The number of nitrogens with zero attached hydrogens (tertiary/aromatic N) is 3. The van der Waals surface area contributed by atoms with Gasteiger partial charge in [-0.15, -0.1) is 0 Å². The first-order valence-corrected chi connectivity index (χ1v) is 6.30. The molecular weight excluding hydrogens is 226 g/mol. The molecule has 0 aliphatic heterocycles. The van der Waals surface area contributed by atoms with Gasteiger partial charge in [0.1, 0.15) is 0 Å². The predicted molar refractivity (Wildman–Crippen MR) is 70.1 cm³/mol. The summed E-state index contributed by atoms with van der Waals surface area (Å²) in [6, 6.07) is 3.94. The highest BCUT2D eigenvalue weighted by atomic mass is 16.3. The Morgan fingerprint density at radius 1 is 1.44 bits per heavy atom. The second kappa shape index (κ2) is 5.78. The number of aryl methyl sites for hydroxylation is 3. The van der Waals surface area contributed by atoms with E-state index in [2.05, 4.69) is 17.0 Å². The van der Waals surface area contributed by atoms with Crippen LogP contribution in [0, 0.1) is 0 Å². The van der Waals surface area contributed by atoms with Crippen molar-refractivity contribution in [2.24, 2.45) is 7.05 Å². The van der Waals surface area contributed by atoms with Gasteiger partial charge < -0.3 is 5.11 Å². The number of aromatic nitrogens is 3. The van der Waals surface area contributed by atoms with E-state index in [0.717, 1.165) is 29.7 Å². The fourth-order valence-electron chi connectivity index (χ4n) is 2.09. The van der Waals surface area contributed by atoms with Gasteiger partial charge in [0.25, 0.3) is 0 Å². The van der Waals surface area contributed by atoms with Crippen molar-refractivity contribution < 1.29 is 5.11 Å². The first kappa shape index (κ1) is 12.8. The van der Waals surface area contributed by atoms with Crippen molar-refractivity contribution in [1.82, 2.24) is 14.8 Å². The van der Waals surface area contributed by atoms with Crippen LogP contribution in [0.4, 0.5) is 0 Å². The number of hydrogen-bond acceptors (Lipinski definition) is 3. The summed E-state index contributed by atoms with van der Waals surface area (Å²) < 4.78 is 1.78. The molecule has 1 atom stereocenters. The fraction of sp³-hybridized carbons (Fsp3) is 0.429. The summed E-state index contributed by atoms with van der Waals surface area (Å²) in [7, 11) is 1.90. The Labute approximate surface area is 107 Å². The molecule has 1 unspecified atom stereocenters. The highest BCUT2D eigenvalue weighted by Gasteiger charge is 2.13. The summed E-state index contributed by atoms with van der Waals surface area (Å²) in [4.78, 5) is 4.30. The lowest BCUT2D eigenvalue weighted by atomic mass is 10.0. The van der Waals surface area contributed by atoms with Crippen LogP contribution in [0.5, 0.6) is 0 Å². The average Bonchev–Trinajstić information content (AvgIpc) is 2.81. The summed E-state index contributed by atoms with van der Waals surface area (Å²) >= 11 is 0. The Morgan fingerprint density at radius 2 is 2.28 bits per heavy atom. The Balaban J connectivity index is 2.01. The normalized spacial score (nSPS) is 12.6. The molecule has 0 aliphatic rings. The van der Waals surface area contributed by atoms with Crippen LogP contribution >= 0.6 is 0 Å². The van der Waals surface area contributed by atoms with Gasteiger partial charge in [-0.1, -0.05) is 13.0 Å². The van der Waals surface area contributed by atoms with Gasteiger partial charge in [0.15, 0.2) is 0 Å². The number of hydrogen-bond donors (Lipinski definition) is 1. The quantitative estimate of drug-likeness (QED) is 0.877. The topological polar surface area (TPSA) is 50.9 Å². The summed E-state index contributed by atoms with van der Waals surface area (Å²) in [5.41, 5.74) is 3.07. The minimum Gasteiger partial charge on any atom is -0.387 e. The Morgan fingerprint density at radius 3 is 2.94 bits per heavy atom. The third-order valence-electron chi connectivity index (χ3n) is 3.09. The molecule has 0 aromatic carbocycles. The van der Waals surface area contributed by atoms with Gasteiger partial charge in [0, 0.05) is 19.4 Å². The molecule has 18 heavy (non-hydrogen) atoms. The number of aliphatic hydroxyl groups excluding tert-OH is 1. The van der Waals surface area contributed by atoms with Crippen LogP contribution in [-0.2, 0) is 19.9 Å². The zero-order valence-electron chi connectivity index (χ0n) is 10.9. The molecule has 2 rings (SSSR count). The molecule has 96 valence electrons. The van der Waals surface area contributed by atoms with Gasteiger partial charge in [0.2, 0.25) is 0 Å². The summed E-state index contributed by atoms with van der Waals surface area (Å²) in [5, 5.41) is 14.3. The maximum Gasteiger partial charge on any atom is 0.0965 e. The van der Waals surface area contributed by atoms with Crippen LogP contribution in [0.1, 0.15) is 36.3 Å². The highest BCUT2D eigenvalue weighted by Crippen LogP contribution is 2.20. The average molecular weight is 245 g/mol. The van der Waals surface area contributed by atoms with Crippen molar-refractivity contribution in [2.75, 3.05) is 0 Å². The van der Waals surface area contributed by atoms with Crippen molar-refractivity contribution in [3.63, 3.8) is 0 Å². The van der Waals surface area contributed by atoms with Gasteiger partial charge >= 0.3 is 0 Å². The first-order valence-electron chi connectivity index (χ1n) is 6.30. The molecule has 2 heterocycles. The Kier molecular flexibility index (Phi) is 4.10. The first-order chi connectivity index (χ1) is 8.70. The van der Waals surface area contributed by atoms with Gasteiger partial charge in [-0.2, -0.15) is 5.10 Å². The van der Waals surface area contributed by atoms with Crippen LogP contribution in [0.3, 0.4) is 0 Å². The maximum absolute atomic E-state index is 10.2. The van der Waals surface area contributed by atoms with Crippen molar-refractivity contribution >= 4 is 0 Å². The monoisotopic (exact) mass is 245 g/mol. The minimum absolute atomic E-state index is 0.499. The van der Waals surface area contributed by atoms with Gasteiger partial charge in [-0.05, 0) is 36.5 Å². The zero-order valence-corrected chi connectivity index (χ0v) is 10.9. The molecule has 0 spiro atoms. The molecule has 0 radical (unpaired) electrons. The zero-order chi connectivity index (χ0) is 13.0. The second-order valence-electron chi connectivity index (χ2n) is 4.48. The number of aliphatic hydroxyl groups is 1. The van der Waals surface area contributed by atoms with Crippen molar-refractivity contribution in [2.45, 2.75) is 32.3 Å². The summed E-state index contributed by atoms with van der Waals surface area (Å²) in [5.74, 6) is 0. The Hall–Kier alpha value is -1.68. The Bertz CT molecular complexity index is 507.